The van der Waals surface area contributed by atoms with Gasteiger partial charge in [-0.05, 0) is 44.9 Å². The van der Waals surface area contributed by atoms with E-state index in [0.717, 1.165) is 37.8 Å². The van der Waals surface area contributed by atoms with E-state index in [1.807, 2.05) is 0 Å². The lowest BCUT2D eigenvalue weighted by Crippen LogP contribution is -2.49. The van der Waals surface area contributed by atoms with Crippen LogP contribution in [0.4, 0.5) is 8.78 Å². The van der Waals surface area contributed by atoms with Gasteiger partial charge in [0, 0.05) is 24.2 Å². The lowest BCUT2D eigenvalue weighted by Gasteiger charge is -2.36. The number of hydrogen-bond donors (Lipinski definition) is 1. The predicted octanol–water partition coefficient (Wildman–Crippen LogP) is 1.48. The Balaban J connectivity index is 1.64. The maximum Gasteiger partial charge on any atom is 0.235 e. The highest BCUT2D eigenvalue weighted by molar-refractivity contribution is 7.92. The number of benzene rings is 1. The van der Waals surface area contributed by atoms with Crippen molar-refractivity contribution in [3.05, 3.63) is 29.8 Å². The van der Waals surface area contributed by atoms with Crippen LogP contribution in [-0.4, -0.2) is 50.2 Å². The quantitative estimate of drug-likeness (QED) is 0.828. The number of hydrogen-bond acceptors (Lipinski definition) is 4. The highest BCUT2D eigenvalue weighted by Gasteiger charge is 2.39. The summed E-state index contributed by atoms with van der Waals surface area (Å²) in [5.74, 6) is -3.53. The van der Waals surface area contributed by atoms with E-state index in [1.165, 1.54) is 0 Å². The second kappa shape index (κ2) is 6.40. The summed E-state index contributed by atoms with van der Waals surface area (Å²) in [6.45, 7) is 0. The van der Waals surface area contributed by atoms with Crippen LogP contribution in [0.15, 0.2) is 23.1 Å². The maximum absolute atomic E-state index is 13.7. The molecule has 0 spiro atoms. The Bertz CT molecular complexity index is 740. The molecule has 1 aromatic carbocycles. The molecule has 8 heteroatoms. The Morgan fingerprint density at radius 3 is 2.46 bits per heavy atom. The summed E-state index contributed by atoms with van der Waals surface area (Å²) in [5.41, 5.74) is 0. The van der Waals surface area contributed by atoms with Crippen molar-refractivity contribution in [2.75, 3.05) is 12.8 Å². The van der Waals surface area contributed by atoms with Crippen LogP contribution in [0.1, 0.15) is 25.7 Å². The molecule has 0 saturated carbocycles. The highest BCUT2D eigenvalue weighted by atomic mass is 32.2. The van der Waals surface area contributed by atoms with Crippen LogP contribution in [0.25, 0.3) is 0 Å². The van der Waals surface area contributed by atoms with Crippen molar-refractivity contribution in [1.82, 2.24) is 10.2 Å². The summed E-state index contributed by atoms with van der Waals surface area (Å²) in [5, 5.41) is 2.76. The van der Waals surface area contributed by atoms with Crippen LogP contribution in [0.5, 0.6) is 0 Å². The predicted molar refractivity (Wildman–Crippen MR) is 84.1 cm³/mol. The molecule has 2 bridgehead atoms. The molecular weight excluding hydrogens is 338 g/mol. The molecule has 5 nitrogen and oxygen atoms in total. The van der Waals surface area contributed by atoms with Crippen molar-refractivity contribution in [3.8, 4) is 0 Å². The molecule has 1 N–H and O–H groups in total. The van der Waals surface area contributed by atoms with Gasteiger partial charge >= 0.3 is 0 Å². The van der Waals surface area contributed by atoms with Gasteiger partial charge in [-0.25, -0.2) is 17.2 Å². The Morgan fingerprint density at radius 2 is 1.88 bits per heavy atom. The Morgan fingerprint density at radius 1 is 1.25 bits per heavy atom. The summed E-state index contributed by atoms with van der Waals surface area (Å²) < 4.78 is 50.9. The largest absolute Gasteiger partial charge is 0.352 e. The standard InChI is InChI=1S/C16H20F2N2O3S/c1-20-12-3-4-13(20)8-11(7-12)19-16(21)9-24(22,23)15-5-2-10(17)6-14(15)18/h2,5-6,11-13H,3-4,7-9H2,1H3,(H,19,21)/t11?,12-,13+. The van der Waals surface area contributed by atoms with Gasteiger partial charge in [0.2, 0.25) is 5.91 Å². The van der Waals surface area contributed by atoms with E-state index in [0.29, 0.717) is 18.2 Å². The van der Waals surface area contributed by atoms with Gasteiger partial charge in [0.1, 0.15) is 22.3 Å². The number of sulfone groups is 1. The molecule has 24 heavy (non-hydrogen) atoms. The molecule has 0 aliphatic carbocycles. The third-order valence-electron chi connectivity index (χ3n) is 5.01. The minimum absolute atomic E-state index is 0.0561. The number of fused-ring (bicyclic) bond motifs is 2. The molecule has 2 heterocycles. The second-order valence-corrected chi connectivity index (χ2v) is 8.58. The van der Waals surface area contributed by atoms with Gasteiger partial charge in [0.25, 0.3) is 0 Å². The number of nitrogens with one attached hydrogen (secondary N) is 1. The average molecular weight is 358 g/mol. The Kier molecular flexibility index (Phi) is 4.61. The first-order valence-corrected chi connectivity index (χ1v) is 9.60. The molecule has 1 aromatic rings. The van der Waals surface area contributed by atoms with Crippen LogP contribution in [0.2, 0.25) is 0 Å². The van der Waals surface area contributed by atoms with Crippen molar-refractivity contribution < 1.29 is 22.0 Å². The van der Waals surface area contributed by atoms with E-state index in [1.54, 1.807) is 0 Å². The van der Waals surface area contributed by atoms with Crippen molar-refractivity contribution in [2.45, 2.75) is 48.7 Å². The first kappa shape index (κ1) is 17.3. The SMILES string of the molecule is CN1[C@@H]2CC[C@H]1CC(NC(=O)CS(=O)(=O)c1ccc(F)cc1F)C2. The summed E-state index contributed by atoms with van der Waals surface area (Å²) in [4.78, 5) is 13.8. The summed E-state index contributed by atoms with van der Waals surface area (Å²) >= 11 is 0. The molecule has 0 radical (unpaired) electrons. The first-order chi connectivity index (χ1) is 11.3. The molecule has 1 amide bonds. The average Bonchev–Trinajstić information content (AvgIpc) is 2.69. The molecule has 3 atom stereocenters. The zero-order valence-electron chi connectivity index (χ0n) is 13.3. The molecule has 2 saturated heterocycles. The van der Waals surface area contributed by atoms with Crippen molar-refractivity contribution in [1.29, 1.82) is 0 Å². The lowest BCUT2D eigenvalue weighted by atomic mass is 9.98. The van der Waals surface area contributed by atoms with Crippen molar-refractivity contribution in [3.63, 3.8) is 0 Å². The molecule has 132 valence electrons. The molecule has 2 aliphatic heterocycles. The van der Waals surface area contributed by atoms with Crippen LogP contribution in [0, 0.1) is 11.6 Å². The monoisotopic (exact) mass is 358 g/mol. The smallest absolute Gasteiger partial charge is 0.235 e. The van der Waals surface area contributed by atoms with Gasteiger partial charge in [-0.2, -0.15) is 0 Å². The third-order valence-corrected chi connectivity index (χ3v) is 6.66. The highest BCUT2D eigenvalue weighted by Crippen LogP contribution is 2.34. The van der Waals surface area contributed by atoms with Gasteiger partial charge < -0.3 is 10.2 Å². The maximum atomic E-state index is 13.7. The van der Waals surface area contributed by atoms with Crippen LogP contribution in [-0.2, 0) is 14.6 Å². The number of piperidine rings is 1. The summed E-state index contributed by atoms with van der Waals surface area (Å²) in [7, 11) is -2.07. The molecule has 2 fully saturated rings. The molecular formula is C16H20F2N2O3S. The van der Waals surface area contributed by atoms with E-state index in [2.05, 4.69) is 17.3 Å². The van der Waals surface area contributed by atoms with E-state index in [9.17, 15) is 22.0 Å². The summed E-state index contributed by atoms with van der Waals surface area (Å²) in [6, 6.07) is 2.99. The van der Waals surface area contributed by atoms with Crippen LogP contribution >= 0.6 is 0 Å². The number of amides is 1. The molecule has 0 aromatic heterocycles. The topological polar surface area (TPSA) is 66.5 Å². The molecule has 3 rings (SSSR count). The number of carbonyl (C=O) groups is 1. The Hall–Kier alpha value is -1.54. The minimum Gasteiger partial charge on any atom is -0.352 e. The zero-order chi connectivity index (χ0) is 17.5. The van der Waals surface area contributed by atoms with Gasteiger partial charge in [-0.1, -0.05) is 0 Å². The fourth-order valence-electron chi connectivity index (χ4n) is 3.78. The second-order valence-electron chi connectivity index (χ2n) is 6.62. The van der Waals surface area contributed by atoms with E-state index >= 15 is 0 Å². The number of rotatable bonds is 4. The lowest BCUT2D eigenvalue weighted by molar-refractivity contribution is -0.119. The normalized spacial score (nSPS) is 27.2. The molecule has 2 aliphatic rings. The van der Waals surface area contributed by atoms with Gasteiger partial charge in [0.05, 0.1) is 0 Å². The van der Waals surface area contributed by atoms with E-state index in [4.69, 9.17) is 0 Å². The van der Waals surface area contributed by atoms with Gasteiger partial charge in [-0.3, -0.25) is 4.79 Å². The van der Waals surface area contributed by atoms with E-state index < -0.39 is 38.0 Å². The number of nitrogens with zero attached hydrogens (tertiary/aromatic N) is 1. The fraction of sp³-hybridized carbons (Fsp3) is 0.562. The zero-order valence-corrected chi connectivity index (χ0v) is 14.2. The Labute approximate surface area is 139 Å². The van der Waals surface area contributed by atoms with Gasteiger partial charge in [-0.15, -0.1) is 0 Å². The first-order valence-electron chi connectivity index (χ1n) is 7.95. The van der Waals surface area contributed by atoms with Crippen molar-refractivity contribution in [2.24, 2.45) is 0 Å². The van der Waals surface area contributed by atoms with E-state index in [-0.39, 0.29) is 6.04 Å². The van der Waals surface area contributed by atoms with Crippen molar-refractivity contribution >= 4 is 15.7 Å². The number of carbonyl (C=O) groups excluding carboxylic acids is 1. The number of halogens is 2. The fourth-order valence-corrected chi connectivity index (χ4v) is 4.99. The minimum atomic E-state index is -4.14. The third kappa shape index (κ3) is 3.44. The summed E-state index contributed by atoms with van der Waals surface area (Å²) in [6.07, 6.45) is 3.77. The van der Waals surface area contributed by atoms with Crippen LogP contribution in [0.3, 0.4) is 0 Å². The van der Waals surface area contributed by atoms with Crippen LogP contribution < -0.4 is 5.32 Å². The van der Waals surface area contributed by atoms with Gasteiger partial charge in [0.15, 0.2) is 9.84 Å². The molecule has 1 unspecified atom stereocenters.